The van der Waals surface area contributed by atoms with E-state index in [9.17, 15) is 10.1 Å². The maximum absolute atomic E-state index is 12.7. The van der Waals surface area contributed by atoms with E-state index in [0.717, 1.165) is 11.1 Å². The van der Waals surface area contributed by atoms with E-state index in [1.807, 2.05) is 18.2 Å². The Balaban J connectivity index is 1.87. The third-order valence-electron chi connectivity index (χ3n) is 4.75. The number of nitrogens with one attached hydrogen (secondary N) is 1. The van der Waals surface area contributed by atoms with Crippen LogP contribution in [-0.4, -0.2) is 5.91 Å². The molecule has 35 heavy (non-hydrogen) atoms. The summed E-state index contributed by atoms with van der Waals surface area (Å²) in [5.74, 6) is -0.000190. The molecule has 0 aliphatic rings. The first-order valence-corrected chi connectivity index (χ1v) is 12.4. The summed E-state index contributed by atoms with van der Waals surface area (Å²) in [5.41, 5.74) is 2.49. The second kappa shape index (κ2) is 12.5. The minimum Gasteiger partial charge on any atom is -0.487 e. The van der Waals surface area contributed by atoms with Crippen molar-refractivity contribution in [1.82, 2.24) is 0 Å². The van der Waals surface area contributed by atoms with Gasteiger partial charge in [-0.25, -0.2) is 0 Å². The van der Waals surface area contributed by atoms with Crippen LogP contribution in [0, 0.1) is 11.3 Å². The van der Waals surface area contributed by atoms with Gasteiger partial charge >= 0.3 is 0 Å². The Hall–Kier alpha value is -2.46. The molecule has 4 nitrogen and oxygen atoms in total. The molecule has 1 amide bonds. The zero-order valence-corrected chi connectivity index (χ0v) is 22.7. The van der Waals surface area contributed by atoms with E-state index in [-0.39, 0.29) is 17.2 Å². The number of carbonyl (C=O) groups excluding carboxylic acids is 1. The number of amides is 1. The van der Waals surface area contributed by atoms with Crippen LogP contribution in [0.5, 0.6) is 5.75 Å². The van der Waals surface area contributed by atoms with Gasteiger partial charge in [0.15, 0.2) is 0 Å². The summed E-state index contributed by atoms with van der Waals surface area (Å²) in [6.45, 7) is 4.07. The lowest BCUT2D eigenvalue weighted by atomic mass is 10.0. The molecule has 0 aliphatic carbocycles. The molecule has 0 unspecified atom stereocenters. The molecule has 0 spiro atoms. The van der Waals surface area contributed by atoms with Crippen molar-refractivity contribution in [3.05, 3.63) is 108 Å². The van der Waals surface area contributed by atoms with E-state index in [1.54, 1.807) is 42.5 Å². The van der Waals surface area contributed by atoms with Crippen LogP contribution in [0.15, 0.2) is 71.2 Å². The molecule has 3 aromatic carbocycles. The van der Waals surface area contributed by atoms with Gasteiger partial charge in [0.25, 0.3) is 5.91 Å². The summed E-state index contributed by atoms with van der Waals surface area (Å²) in [5, 5.41) is 13.6. The minimum absolute atomic E-state index is 0.109. The molecule has 0 saturated carbocycles. The highest BCUT2D eigenvalue weighted by molar-refractivity contribution is 9.10. The summed E-state index contributed by atoms with van der Waals surface area (Å²) in [7, 11) is 0. The molecule has 0 aliphatic heterocycles. The number of allylic oxidation sites excluding steroid dienone is 1. The summed E-state index contributed by atoms with van der Waals surface area (Å²) < 4.78 is 6.70. The van der Waals surface area contributed by atoms with E-state index >= 15 is 0 Å². The van der Waals surface area contributed by atoms with E-state index < -0.39 is 5.91 Å². The van der Waals surface area contributed by atoms with E-state index in [2.05, 4.69) is 27.8 Å². The van der Waals surface area contributed by atoms with Crippen LogP contribution in [0.2, 0.25) is 20.1 Å². The zero-order valence-electron chi connectivity index (χ0n) is 18.0. The lowest BCUT2D eigenvalue weighted by Crippen LogP contribution is -2.13. The molecule has 1 N–H and O–H groups in total. The van der Waals surface area contributed by atoms with Gasteiger partial charge in [-0.1, -0.05) is 64.6 Å². The van der Waals surface area contributed by atoms with Gasteiger partial charge in [-0.3, -0.25) is 4.79 Å². The molecular formula is C26H17BrCl4N2O2. The molecule has 3 rings (SSSR count). The van der Waals surface area contributed by atoms with Crippen molar-refractivity contribution in [2.24, 2.45) is 0 Å². The molecule has 0 atom stereocenters. The number of ether oxygens (including phenoxy) is 1. The molecule has 3 aromatic rings. The van der Waals surface area contributed by atoms with Gasteiger partial charge < -0.3 is 10.1 Å². The molecular weight excluding hydrogens is 594 g/mol. The first-order valence-electron chi connectivity index (χ1n) is 10.1. The van der Waals surface area contributed by atoms with Crippen molar-refractivity contribution in [3.8, 4) is 11.8 Å². The summed E-state index contributed by atoms with van der Waals surface area (Å²) >= 11 is 27.7. The number of anilines is 1. The third-order valence-corrected chi connectivity index (χ3v) is 6.90. The molecule has 0 radical (unpaired) electrons. The Morgan fingerprint density at radius 3 is 2.54 bits per heavy atom. The van der Waals surface area contributed by atoms with E-state index in [4.69, 9.17) is 51.1 Å². The van der Waals surface area contributed by atoms with Crippen molar-refractivity contribution < 1.29 is 9.53 Å². The summed E-state index contributed by atoms with van der Waals surface area (Å²) in [4.78, 5) is 12.7. The van der Waals surface area contributed by atoms with Crippen molar-refractivity contribution >= 4 is 80.0 Å². The number of hydrogen-bond donors (Lipinski definition) is 1. The maximum Gasteiger partial charge on any atom is 0.266 e. The molecule has 0 fully saturated rings. The van der Waals surface area contributed by atoms with Gasteiger partial charge in [-0.2, -0.15) is 5.26 Å². The Morgan fingerprint density at radius 2 is 1.86 bits per heavy atom. The Labute approximate surface area is 231 Å². The molecule has 0 heterocycles. The van der Waals surface area contributed by atoms with Crippen molar-refractivity contribution in [3.63, 3.8) is 0 Å². The first-order chi connectivity index (χ1) is 16.7. The van der Waals surface area contributed by atoms with Gasteiger partial charge in [0.05, 0.1) is 30.3 Å². The fourth-order valence-electron chi connectivity index (χ4n) is 3.12. The van der Waals surface area contributed by atoms with Crippen LogP contribution in [0.1, 0.15) is 16.7 Å². The van der Waals surface area contributed by atoms with E-state index in [1.165, 1.54) is 6.08 Å². The molecule has 9 heteroatoms. The second-order valence-electron chi connectivity index (χ2n) is 7.25. The zero-order chi connectivity index (χ0) is 25.5. The number of benzene rings is 3. The smallest absolute Gasteiger partial charge is 0.266 e. The second-order valence-corrected chi connectivity index (χ2v) is 9.70. The van der Waals surface area contributed by atoms with Gasteiger partial charge in [-0.05, 0) is 81.5 Å². The van der Waals surface area contributed by atoms with Gasteiger partial charge in [-0.15, -0.1) is 6.58 Å². The standard InChI is InChI=1S/C26H17BrCl4N2O2/c1-2-4-17-9-16(10-18(13-32)26(34)33-23-6-3-5-21(29)24(23)31)11-19(27)25(17)35-14-15-7-8-20(28)22(30)12-15/h2-3,5-12H,1,4,14H2,(H,33,34)/b18-10-. The summed E-state index contributed by atoms with van der Waals surface area (Å²) in [6.07, 6.45) is 3.72. The van der Waals surface area contributed by atoms with Crippen LogP contribution in [0.4, 0.5) is 5.69 Å². The largest absolute Gasteiger partial charge is 0.487 e. The van der Waals surface area contributed by atoms with Gasteiger partial charge in [0.1, 0.15) is 24.0 Å². The van der Waals surface area contributed by atoms with Crippen LogP contribution in [0.25, 0.3) is 6.08 Å². The average molecular weight is 611 g/mol. The third kappa shape index (κ3) is 7.04. The molecule has 0 saturated heterocycles. The van der Waals surface area contributed by atoms with Crippen LogP contribution in [0.3, 0.4) is 0 Å². The number of hydrogen-bond acceptors (Lipinski definition) is 3. The number of carbonyl (C=O) groups is 1. The lowest BCUT2D eigenvalue weighted by molar-refractivity contribution is -0.112. The predicted octanol–water partition coefficient (Wildman–Crippen LogP) is 8.92. The lowest BCUT2D eigenvalue weighted by Gasteiger charge is -2.14. The highest BCUT2D eigenvalue weighted by atomic mass is 79.9. The average Bonchev–Trinajstić information content (AvgIpc) is 2.82. The van der Waals surface area contributed by atoms with Crippen LogP contribution >= 0.6 is 62.3 Å². The SMILES string of the molecule is C=CCc1cc(/C=C(/C#N)C(=O)Nc2cccc(Cl)c2Cl)cc(Br)c1OCc1ccc(Cl)c(Cl)c1. The Bertz CT molecular complexity index is 1370. The fraction of sp³-hybridized carbons (Fsp3) is 0.0769. The number of halogens is 5. The fourth-order valence-corrected chi connectivity index (χ4v) is 4.42. The van der Waals surface area contributed by atoms with Crippen LogP contribution < -0.4 is 10.1 Å². The number of nitriles is 1. The molecule has 0 aromatic heterocycles. The Kier molecular flexibility index (Phi) is 9.68. The number of rotatable bonds is 8. The minimum atomic E-state index is -0.613. The predicted molar refractivity (Wildman–Crippen MR) is 148 cm³/mol. The van der Waals surface area contributed by atoms with Gasteiger partial charge in [0.2, 0.25) is 0 Å². The Morgan fingerprint density at radius 1 is 1.09 bits per heavy atom. The van der Waals surface area contributed by atoms with Crippen LogP contribution in [-0.2, 0) is 17.8 Å². The first kappa shape index (κ1) is 27.1. The topological polar surface area (TPSA) is 62.1 Å². The normalized spacial score (nSPS) is 11.0. The highest BCUT2D eigenvalue weighted by Gasteiger charge is 2.15. The monoisotopic (exact) mass is 608 g/mol. The van der Waals surface area contributed by atoms with Crippen molar-refractivity contribution in [2.45, 2.75) is 13.0 Å². The van der Waals surface area contributed by atoms with Crippen molar-refractivity contribution in [2.75, 3.05) is 5.32 Å². The molecule has 178 valence electrons. The quantitative estimate of drug-likeness (QED) is 0.157. The van der Waals surface area contributed by atoms with E-state index in [0.29, 0.717) is 43.0 Å². The van der Waals surface area contributed by atoms with Crippen molar-refractivity contribution in [1.29, 1.82) is 5.26 Å². The number of nitrogens with zero attached hydrogens (tertiary/aromatic N) is 1. The van der Waals surface area contributed by atoms with Gasteiger partial charge in [0, 0.05) is 0 Å². The molecule has 0 bridgehead atoms. The summed E-state index contributed by atoms with van der Waals surface area (Å²) in [6, 6.07) is 15.6. The maximum atomic E-state index is 12.7. The highest BCUT2D eigenvalue weighted by Crippen LogP contribution is 2.34.